The van der Waals surface area contributed by atoms with Crippen LogP contribution in [0.3, 0.4) is 0 Å². The molecule has 0 saturated carbocycles. The monoisotopic (exact) mass is 382 g/mol. The maximum absolute atomic E-state index is 13.1. The summed E-state index contributed by atoms with van der Waals surface area (Å²) in [6, 6.07) is 9.02. The molecule has 2 heterocycles. The summed E-state index contributed by atoms with van der Waals surface area (Å²) in [6.07, 6.45) is 5.61. The van der Waals surface area contributed by atoms with Gasteiger partial charge < -0.3 is 4.74 Å². The second-order valence-corrected chi connectivity index (χ2v) is 7.14. The van der Waals surface area contributed by atoms with E-state index >= 15 is 0 Å². The molecule has 6 heteroatoms. The summed E-state index contributed by atoms with van der Waals surface area (Å²) in [5.41, 5.74) is 3.09. The first-order valence-corrected chi connectivity index (χ1v) is 9.30. The van der Waals surface area contributed by atoms with E-state index in [2.05, 4.69) is 4.98 Å². The molecule has 1 amide bonds. The normalized spacial score (nSPS) is 19.9. The molecule has 0 bridgehead atoms. The number of ether oxygens (including phenoxy) is 1. The predicted molar refractivity (Wildman–Crippen MR) is 103 cm³/mol. The van der Waals surface area contributed by atoms with Crippen molar-refractivity contribution in [2.24, 2.45) is 0 Å². The first-order chi connectivity index (χ1) is 13.1. The van der Waals surface area contributed by atoms with Gasteiger partial charge in [0.25, 0.3) is 0 Å². The Morgan fingerprint density at radius 1 is 1.22 bits per heavy atom. The van der Waals surface area contributed by atoms with E-state index in [9.17, 15) is 9.59 Å². The summed E-state index contributed by atoms with van der Waals surface area (Å²) in [4.78, 5) is 31.7. The van der Waals surface area contributed by atoms with Gasteiger partial charge in [-0.3, -0.25) is 19.5 Å². The van der Waals surface area contributed by atoms with Gasteiger partial charge in [0, 0.05) is 42.4 Å². The van der Waals surface area contributed by atoms with Crippen LogP contribution >= 0.6 is 11.6 Å². The largest absolute Gasteiger partial charge is 0.495 e. The average Bonchev–Trinajstić information content (AvgIpc) is 2.68. The lowest BCUT2D eigenvalue weighted by molar-refractivity contribution is -0.119. The minimum Gasteiger partial charge on any atom is -0.495 e. The third-order valence-corrected chi connectivity index (χ3v) is 5.45. The lowest BCUT2D eigenvalue weighted by atomic mass is 9.77. The number of ketones is 1. The van der Waals surface area contributed by atoms with Crippen LogP contribution in [0.5, 0.6) is 5.75 Å². The summed E-state index contributed by atoms with van der Waals surface area (Å²) in [7, 11) is 1.55. The molecule has 0 N–H and O–H groups in total. The van der Waals surface area contributed by atoms with E-state index in [0.717, 1.165) is 23.3 Å². The van der Waals surface area contributed by atoms with Crippen LogP contribution < -0.4 is 9.64 Å². The lowest BCUT2D eigenvalue weighted by Gasteiger charge is -2.38. The number of pyridine rings is 1. The number of nitrogens with zero attached hydrogens (tertiary/aromatic N) is 2. The fourth-order valence-electron chi connectivity index (χ4n) is 3.95. The first kappa shape index (κ1) is 17.7. The van der Waals surface area contributed by atoms with E-state index in [4.69, 9.17) is 16.3 Å². The minimum atomic E-state index is -0.237. The Morgan fingerprint density at radius 3 is 2.78 bits per heavy atom. The summed E-state index contributed by atoms with van der Waals surface area (Å²) in [6.45, 7) is 0. The molecule has 1 aliphatic heterocycles. The predicted octanol–water partition coefficient (Wildman–Crippen LogP) is 4.27. The molecule has 0 saturated heterocycles. The SMILES string of the molecule is COc1ccc(N2C(=O)CC(c3cccnc3)C3=C2CCCC3=O)cc1Cl. The molecule has 2 aliphatic rings. The van der Waals surface area contributed by atoms with Gasteiger partial charge in [0.2, 0.25) is 5.91 Å². The van der Waals surface area contributed by atoms with E-state index in [0.29, 0.717) is 29.3 Å². The van der Waals surface area contributed by atoms with Gasteiger partial charge >= 0.3 is 0 Å². The van der Waals surface area contributed by atoms with Crippen LogP contribution in [-0.2, 0) is 9.59 Å². The lowest BCUT2D eigenvalue weighted by Crippen LogP contribution is -2.40. The summed E-state index contributed by atoms with van der Waals surface area (Å²) in [5, 5.41) is 0.432. The fourth-order valence-corrected chi connectivity index (χ4v) is 4.21. The standard InChI is InChI=1S/C21H19ClN2O3/c1-27-19-8-7-14(10-16(19)22)24-17-5-2-6-18(25)21(17)15(11-20(24)26)13-4-3-9-23-12-13/h3-4,7-10,12,15H,2,5-6,11H2,1H3. The van der Waals surface area contributed by atoms with Gasteiger partial charge in [0.1, 0.15) is 5.75 Å². The quantitative estimate of drug-likeness (QED) is 0.795. The smallest absolute Gasteiger partial charge is 0.232 e. The summed E-state index contributed by atoms with van der Waals surface area (Å²) in [5.74, 6) is 0.381. The van der Waals surface area contributed by atoms with Crippen LogP contribution in [0.15, 0.2) is 54.0 Å². The fraction of sp³-hybridized carbons (Fsp3) is 0.286. The Balaban J connectivity index is 1.84. The number of Topliss-reactive ketones (excluding diaryl/α,β-unsaturated/α-hetero) is 1. The highest BCUT2D eigenvalue weighted by Gasteiger charge is 2.39. The number of hydrogen-bond donors (Lipinski definition) is 0. The number of rotatable bonds is 3. The van der Waals surface area contributed by atoms with Gasteiger partial charge in [-0.2, -0.15) is 0 Å². The Labute approximate surface area is 162 Å². The maximum atomic E-state index is 13.1. The second kappa shape index (κ2) is 7.16. The molecule has 4 rings (SSSR count). The van der Waals surface area contributed by atoms with Crippen molar-refractivity contribution in [1.82, 2.24) is 4.98 Å². The van der Waals surface area contributed by atoms with E-state index in [1.165, 1.54) is 0 Å². The van der Waals surface area contributed by atoms with Crippen LogP contribution in [0.4, 0.5) is 5.69 Å². The molecular weight excluding hydrogens is 364 g/mol. The van der Waals surface area contributed by atoms with Crippen molar-refractivity contribution in [3.8, 4) is 5.75 Å². The molecule has 138 valence electrons. The number of carbonyl (C=O) groups excluding carboxylic acids is 2. The summed E-state index contributed by atoms with van der Waals surface area (Å²) < 4.78 is 5.20. The molecule has 1 aromatic carbocycles. The zero-order valence-corrected chi connectivity index (χ0v) is 15.7. The Bertz CT molecular complexity index is 940. The third-order valence-electron chi connectivity index (χ3n) is 5.16. The maximum Gasteiger partial charge on any atom is 0.232 e. The number of hydrogen-bond acceptors (Lipinski definition) is 4. The van der Waals surface area contributed by atoms with Crippen LogP contribution in [-0.4, -0.2) is 23.8 Å². The van der Waals surface area contributed by atoms with Crippen molar-refractivity contribution >= 4 is 29.0 Å². The van der Waals surface area contributed by atoms with Crippen molar-refractivity contribution in [2.75, 3.05) is 12.0 Å². The number of methoxy groups -OCH3 is 1. The number of halogens is 1. The van der Waals surface area contributed by atoms with Gasteiger partial charge in [0.15, 0.2) is 5.78 Å². The van der Waals surface area contributed by atoms with E-state index < -0.39 is 0 Å². The zero-order valence-electron chi connectivity index (χ0n) is 14.9. The second-order valence-electron chi connectivity index (χ2n) is 6.73. The van der Waals surface area contributed by atoms with Gasteiger partial charge in [-0.1, -0.05) is 17.7 Å². The number of benzene rings is 1. The van der Waals surface area contributed by atoms with Crippen molar-refractivity contribution in [2.45, 2.75) is 31.6 Å². The first-order valence-electron chi connectivity index (χ1n) is 8.93. The molecule has 1 atom stereocenters. The molecular formula is C21H19ClN2O3. The van der Waals surface area contributed by atoms with Crippen molar-refractivity contribution in [1.29, 1.82) is 0 Å². The molecule has 0 radical (unpaired) electrons. The highest BCUT2D eigenvalue weighted by atomic mass is 35.5. The number of allylic oxidation sites excluding steroid dienone is 2. The Hall–Kier alpha value is -2.66. The molecule has 0 fully saturated rings. The summed E-state index contributed by atoms with van der Waals surface area (Å²) >= 11 is 6.27. The average molecular weight is 383 g/mol. The topological polar surface area (TPSA) is 59.5 Å². The van der Waals surface area contributed by atoms with Crippen molar-refractivity contribution in [3.05, 3.63) is 64.6 Å². The molecule has 0 spiro atoms. The van der Waals surface area contributed by atoms with Crippen LogP contribution in [0.2, 0.25) is 5.02 Å². The Kier molecular flexibility index (Phi) is 4.70. The van der Waals surface area contributed by atoms with E-state index in [-0.39, 0.29) is 24.0 Å². The Morgan fingerprint density at radius 2 is 2.07 bits per heavy atom. The number of amides is 1. The highest BCUT2D eigenvalue weighted by molar-refractivity contribution is 6.32. The van der Waals surface area contributed by atoms with Gasteiger partial charge in [-0.05, 0) is 42.7 Å². The minimum absolute atomic E-state index is 0.0430. The number of aromatic nitrogens is 1. The molecule has 1 aliphatic carbocycles. The number of anilines is 1. The van der Waals surface area contributed by atoms with Gasteiger partial charge in [0.05, 0.1) is 17.8 Å². The molecule has 1 aromatic heterocycles. The molecule has 27 heavy (non-hydrogen) atoms. The van der Waals surface area contributed by atoms with Gasteiger partial charge in [-0.15, -0.1) is 0 Å². The number of carbonyl (C=O) groups is 2. The van der Waals surface area contributed by atoms with E-state index in [1.807, 2.05) is 12.1 Å². The van der Waals surface area contributed by atoms with Crippen LogP contribution in [0.25, 0.3) is 0 Å². The molecule has 2 aromatic rings. The van der Waals surface area contributed by atoms with Crippen molar-refractivity contribution in [3.63, 3.8) is 0 Å². The van der Waals surface area contributed by atoms with Crippen LogP contribution in [0, 0.1) is 0 Å². The van der Waals surface area contributed by atoms with Gasteiger partial charge in [-0.25, -0.2) is 0 Å². The molecule has 1 unspecified atom stereocenters. The van der Waals surface area contributed by atoms with Crippen molar-refractivity contribution < 1.29 is 14.3 Å². The third kappa shape index (κ3) is 3.12. The zero-order chi connectivity index (χ0) is 19.0. The molecule has 5 nitrogen and oxygen atoms in total. The highest BCUT2D eigenvalue weighted by Crippen LogP contribution is 2.44. The van der Waals surface area contributed by atoms with E-state index in [1.54, 1.807) is 42.6 Å². The van der Waals surface area contributed by atoms with Crippen LogP contribution in [0.1, 0.15) is 37.2 Å².